The molecule has 8 heteroatoms. The molecule has 2 aliphatic rings. The van der Waals surface area contributed by atoms with Crippen LogP contribution in [0.15, 0.2) is 30.3 Å². The summed E-state index contributed by atoms with van der Waals surface area (Å²) in [6.45, 7) is 3.22. The van der Waals surface area contributed by atoms with Crippen LogP contribution < -0.4 is 5.32 Å². The van der Waals surface area contributed by atoms with E-state index in [4.69, 9.17) is 9.47 Å². The van der Waals surface area contributed by atoms with Crippen molar-refractivity contribution in [3.63, 3.8) is 0 Å². The van der Waals surface area contributed by atoms with Crippen LogP contribution in [0.2, 0.25) is 0 Å². The van der Waals surface area contributed by atoms with Crippen molar-refractivity contribution in [2.75, 3.05) is 26.9 Å². The number of esters is 1. The number of aliphatic carboxylic acids is 1. The van der Waals surface area contributed by atoms with Crippen LogP contribution in [0.1, 0.15) is 38.2 Å². The number of amides is 1. The zero-order valence-corrected chi connectivity index (χ0v) is 18.2. The van der Waals surface area contributed by atoms with Gasteiger partial charge in [0.25, 0.3) is 0 Å². The van der Waals surface area contributed by atoms with E-state index in [-0.39, 0.29) is 11.3 Å². The first-order chi connectivity index (χ1) is 14.8. The van der Waals surface area contributed by atoms with Crippen LogP contribution in [0.3, 0.4) is 0 Å². The average Bonchev–Trinajstić information content (AvgIpc) is 3.23. The molecule has 1 aromatic carbocycles. The van der Waals surface area contributed by atoms with Crippen molar-refractivity contribution in [1.82, 2.24) is 10.2 Å². The standard InChI is InChI=1S/C23H32N2O6/c1-16(24-18(22(29)30-2)9-8-17-6-4-3-5-7-17)20(26)25-14-23(12-13-31-15-23)11-10-19(25)21(27)28/h3-7,16,18-19,24H,8-15H2,1-2H3,(H,27,28)/t16-,18?,19?,23?/m0/s1. The van der Waals surface area contributed by atoms with Gasteiger partial charge in [0.1, 0.15) is 12.1 Å². The maximum absolute atomic E-state index is 13.3. The molecular formula is C23H32N2O6. The monoisotopic (exact) mass is 432 g/mol. The highest BCUT2D eigenvalue weighted by molar-refractivity contribution is 5.88. The molecule has 2 heterocycles. The SMILES string of the molecule is COC(=O)C(CCc1ccccc1)N[C@@H](C)C(=O)N1CC2(CCOC2)CCC1C(=O)O. The van der Waals surface area contributed by atoms with Gasteiger partial charge in [-0.3, -0.25) is 14.9 Å². The van der Waals surface area contributed by atoms with Gasteiger partial charge in [-0.25, -0.2) is 4.79 Å². The van der Waals surface area contributed by atoms with Crippen molar-refractivity contribution in [2.24, 2.45) is 5.41 Å². The Balaban J connectivity index is 1.68. The Morgan fingerprint density at radius 2 is 2.03 bits per heavy atom. The Bertz CT molecular complexity index is 778. The average molecular weight is 433 g/mol. The molecule has 3 unspecified atom stereocenters. The third kappa shape index (κ3) is 5.62. The summed E-state index contributed by atoms with van der Waals surface area (Å²) in [5.41, 5.74) is 0.915. The summed E-state index contributed by atoms with van der Waals surface area (Å²) < 4.78 is 10.5. The molecular weight excluding hydrogens is 400 g/mol. The predicted molar refractivity (Wildman–Crippen MR) is 113 cm³/mol. The van der Waals surface area contributed by atoms with Crippen molar-refractivity contribution in [1.29, 1.82) is 0 Å². The molecule has 0 saturated carbocycles. The van der Waals surface area contributed by atoms with Gasteiger partial charge in [0.15, 0.2) is 0 Å². The zero-order valence-electron chi connectivity index (χ0n) is 18.2. The lowest BCUT2D eigenvalue weighted by Crippen LogP contribution is -2.59. The molecule has 0 aliphatic carbocycles. The lowest BCUT2D eigenvalue weighted by Gasteiger charge is -2.44. The van der Waals surface area contributed by atoms with Crippen LogP contribution in [-0.4, -0.2) is 72.8 Å². The molecule has 3 rings (SSSR count). The van der Waals surface area contributed by atoms with Gasteiger partial charge in [-0.2, -0.15) is 0 Å². The molecule has 1 amide bonds. The Hall–Kier alpha value is -2.45. The van der Waals surface area contributed by atoms with Crippen LogP contribution in [0.4, 0.5) is 0 Å². The van der Waals surface area contributed by atoms with E-state index in [2.05, 4.69) is 5.32 Å². The van der Waals surface area contributed by atoms with Crippen LogP contribution in [-0.2, 0) is 30.3 Å². The van der Waals surface area contributed by atoms with E-state index in [0.717, 1.165) is 18.4 Å². The number of piperidine rings is 1. The molecule has 8 nitrogen and oxygen atoms in total. The largest absolute Gasteiger partial charge is 0.480 e. The number of likely N-dealkylation sites (tertiary alicyclic amines) is 1. The van der Waals surface area contributed by atoms with Crippen LogP contribution >= 0.6 is 0 Å². The highest BCUT2D eigenvalue weighted by Crippen LogP contribution is 2.40. The van der Waals surface area contributed by atoms with Gasteiger partial charge in [0.05, 0.1) is 19.8 Å². The van der Waals surface area contributed by atoms with Crippen LogP contribution in [0.25, 0.3) is 0 Å². The topological polar surface area (TPSA) is 105 Å². The van der Waals surface area contributed by atoms with E-state index >= 15 is 0 Å². The van der Waals surface area contributed by atoms with Crippen molar-refractivity contribution in [3.05, 3.63) is 35.9 Å². The number of rotatable bonds is 8. The molecule has 170 valence electrons. The van der Waals surface area contributed by atoms with Gasteiger partial charge in [-0.1, -0.05) is 30.3 Å². The number of carboxylic acid groups (broad SMARTS) is 1. The van der Waals surface area contributed by atoms with E-state index in [1.54, 1.807) is 6.92 Å². The van der Waals surface area contributed by atoms with Gasteiger partial charge in [0.2, 0.25) is 5.91 Å². The highest BCUT2D eigenvalue weighted by atomic mass is 16.5. The minimum absolute atomic E-state index is 0.170. The highest BCUT2D eigenvalue weighted by Gasteiger charge is 2.46. The summed E-state index contributed by atoms with van der Waals surface area (Å²) in [7, 11) is 1.32. The van der Waals surface area contributed by atoms with Gasteiger partial charge < -0.3 is 19.5 Å². The van der Waals surface area contributed by atoms with E-state index in [9.17, 15) is 19.5 Å². The number of carbonyl (C=O) groups excluding carboxylic acids is 2. The summed E-state index contributed by atoms with van der Waals surface area (Å²) in [4.78, 5) is 38.9. The summed E-state index contributed by atoms with van der Waals surface area (Å²) in [6.07, 6.45) is 3.08. The summed E-state index contributed by atoms with van der Waals surface area (Å²) >= 11 is 0. The summed E-state index contributed by atoms with van der Waals surface area (Å²) in [5, 5.41) is 12.8. The second kappa shape index (κ2) is 10.2. The second-order valence-electron chi connectivity index (χ2n) is 8.65. The molecule has 0 bridgehead atoms. The number of benzene rings is 1. The van der Waals surface area contributed by atoms with E-state index in [1.165, 1.54) is 12.0 Å². The third-order valence-electron chi connectivity index (χ3n) is 6.46. The van der Waals surface area contributed by atoms with Crippen molar-refractivity contribution < 1.29 is 29.0 Å². The first-order valence-corrected chi connectivity index (χ1v) is 10.8. The maximum Gasteiger partial charge on any atom is 0.326 e. The van der Waals surface area contributed by atoms with Gasteiger partial charge in [-0.15, -0.1) is 0 Å². The number of methoxy groups -OCH3 is 1. The number of hydrogen-bond acceptors (Lipinski definition) is 6. The quantitative estimate of drug-likeness (QED) is 0.602. The first kappa shape index (κ1) is 23.2. The predicted octanol–water partition coefficient (Wildman–Crippen LogP) is 1.62. The lowest BCUT2D eigenvalue weighted by molar-refractivity contribution is -0.156. The van der Waals surface area contributed by atoms with E-state index in [0.29, 0.717) is 39.0 Å². The molecule has 0 aromatic heterocycles. The maximum atomic E-state index is 13.3. The number of hydrogen-bond donors (Lipinski definition) is 2. The van der Waals surface area contributed by atoms with Crippen molar-refractivity contribution in [3.8, 4) is 0 Å². The van der Waals surface area contributed by atoms with Crippen molar-refractivity contribution >= 4 is 17.8 Å². The molecule has 2 saturated heterocycles. The fraction of sp³-hybridized carbons (Fsp3) is 0.609. The number of carbonyl (C=O) groups is 3. The fourth-order valence-electron chi connectivity index (χ4n) is 4.60. The fourth-order valence-corrected chi connectivity index (χ4v) is 4.60. The summed E-state index contributed by atoms with van der Waals surface area (Å²) in [6, 6.07) is 7.53. The van der Waals surface area contributed by atoms with Crippen molar-refractivity contribution in [2.45, 2.75) is 57.2 Å². The zero-order chi connectivity index (χ0) is 22.4. The minimum Gasteiger partial charge on any atom is -0.480 e. The number of nitrogens with zero attached hydrogens (tertiary/aromatic N) is 1. The molecule has 1 spiro atoms. The van der Waals surface area contributed by atoms with Gasteiger partial charge in [-0.05, 0) is 44.6 Å². The first-order valence-electron chi connectivity index (χ1n) is 10.8. The third-order valence-corrected chi connectivity index (χ3v) is 6.46. The molecule has 2 aliphatic heterocycles. The van der Waals surface area contributed by atoms with Crippen LogP contribution in [0, 0.1) is 5.41 Å². The smallest absolute Gasteiger partial charge is 0.326 e. The van der Waals surface area contributed by atoms with Crippen LogP contribution in [0.5, 0.6) is 0 Å². The molecule has 31 heavy (non-hydrogen) atoms. The number of aryl methyl sites for hydroxylation is 1. The number of ether oxygens (including phenoxy) is 2. The second-order valence-corrected chi connectivity index (χ2v) is 8.65. The van der Waals surface area contributed by atoms with E-state index < -0.39 is 30.1 Å². The van der Waals surface area contributed by atoms with Gasteiger partial charge >= 0.3 is 11.9 Å². The molecule has 2 fully saturated rings. The van der Waals surface area contributed by atoms with E-state index in [1.807, 2.05) is 30.3 Å². The summed E-state index contributed by atoms with van der Waals surface area (Å²) in [5.74, 6) is -1.75. The van der Waals surface area contributed by atoms with Gasteiger partial charge in [0, 0.05) is 18.6 Å². The molecule has 1 aromatic rings. The number of carboxylic acids is 1. The lowest BCUT2D eigenvalue weighted by atomic mass is 9.77. The number of nitrogens with one attached hydrogen (secondary N) is 1. The molecule has 4 atom stereocenters. The Morgan fingerprint density at radius 1 is 1.29 bits per heavy atom. The Morgan fingerprint density at radius 3 is 2.65 bits per heavy atom. The molecule has 2 N–H and O–H groups in total. The minimum atomic E-state index is -0.997. The normalized spacial score (nSPS) is 25.2. The Kier molecular flexibility index (Phi) is 7.67. The molecule has 0 radical (unpaired) electrons. The Labute approximate surface area is 182 Å².